The van der Waals surface area contributed by atoms with E-state index < -0.39 is 23.7 Å². The van der Waals surface area contributed by atoms with Crippen molar-refractivity contribution in [2.24, 2.45) is 0 Å². The van der Waals surface area contributed by atoms with Crippen LogP contribution in [0.3, 0.4) is 0 Å². The summed E-state index contributed by atoms with van der Waals surface area (Å²) in [6.45, 7) is 6.27. The third-order valence-corrected chi connectivity index (χ3v) is 6.50. The lowest BCUT2D eigenvalue weighted by molar-refractivity contribution is -0.140. The molecule has 190 valence electrons. The minimum absolute atomic E-state index is 0.0361. The van der Waals surface area contributed by atoms with Crippen LogP contribution in [0.5, 0.6) is 5.75 Å². The zero-order chi connectivity index (χ0) is 26.7. The van der Waals surface area contributed by atoms with E-state index in [0.29, 0.717) is 23.5 Å². The molecule has 4 rings (SSSR count). The van der Waals surface area contributed by atoms with Crippen LogP contribution in [0.15, 0.2) is 72.3 Å². The molecule has 1 N–H and O–H groups in total. The molecule has 0 aromatic heterocycles. The third kappa shape index (κ3) is 4.98. The van der Waals surface area contributed by atoms with Gasteiger partial charge in [-0.3, -0.25) is 9.59 Å². The van der Waals surface area contributed by atoms with Gasteiger partial charge in [0.25, 0.3) is 11.7 Å². The van der Waals surface area contributed by atoms with Crippen molar-refractivity contribution in [1.82, 2.24) is 4.90 Å². The lowest BCUT2D eigenvalue weighted by Gasteiger charge is -2.26. The minimum Gasteiger partial charge on any atom is -0.507 e. The van der Waals surface area contributed by atoms with Crippen LogP contribution in [0.4, 0.5) is 0 Å². The van der Waals surface area contributed by atoms with Crippen molar-refractivity contribution in [3.63, 3.8) is 0 Å². The largest absolute Gasteiger partial charge is 0.507 e. The summed E-state index contributed by atoms with van der Waals surface area (Å²) in [6.07, 6.45) is 0. The van der Waals surface area contributed by atoms with Gasteiger partial charge in [-0.15, -0.1) is 0 Å². The molecule has 0 spiro atoms. The van der Waals surface area contributed by atoms with Crippen molar-refractivity contribution >= 4 is 23.4 Å². The molecule has 7 heteroatoms. The van der Waals surface area contributed by atoms with Crippen LogP contribution in [-0.4, -0.2) is 41.4 Å². The first-order valence-corrected chi connectivity index (χ1v) is 12.0. The lowest BCUT2D eigenvalue weighted by Crippen LogP contribution is -2.29. The average molecular weight is 500 g/mol. The summed E-state index contributed by atoms with van der Waals surface area (Å²) < 4.78 is 10.3. The van der Waals surface area contributed by atoms with E-state index in [1.54, 1.807) is 42.5 Å². The second kappa shape index (κ2) is 10.7. The number of aliphatic hydroxyl groups excluding tert-OH is 1. The van der Waals surface area contributed by atoms with Crippen molar-refractivity contribution in [3.8, 4) is 5.75 Å². The van der Waals surface area contributed by atoms with Gasteiger partial charge in [0.2, 0.25) is 0 Å². The number of aryl methyl sites for hydroxylation is 2. The highest BCUT2D eigenvalue weighted by Crippen LogP contribution is 2.41. The number of Topliss-reactive ketones (excluding diaryl/α,β-unsaturated/α-hetero) is 1. The van der Waals surface area contributed by atoms with Crippen LogP contribution in [-0.2, 0) is 20.9 Å². The molecule has 1 aliphatic rings. The Kier molecular flexibility index (Phi) is 7.43. The van der Waals surface area contributed by atoms with Gasteiger partial charge in [-0.2, -0.15) is 0 Å². The van der Waals surface area contributed by atoms with Crippen molar-refractivity contribution in [2.75, 3.05) is 13.7 Å². The Morgan fingerprint density at radius 1 is 0.946 bits per heavy atom. The van der Waals surface area contributed by atoms with E-state index in [0.717, 1.165) is 22.3 Å². The van der Waals surface area contributed by atoms with Gasteiger partial charge >= 0.3 is 5.97 Å². The number of carbonyl (C=O) groups excluding carboxylic acids is 3. The van der Waals surface area contributed by atoms with Gasteiger partial charge in [-0.25, -0.2) is 4.79 Å². The molecule has 1 atom stereocenters. The van der Waals surface area contributed by atoms with Crippen molar-refractivity contribution < 1.29 is 29.0 Å². The van der Waals surface area contributed by atoms with Crippen LogP contribution in [0.25, 0.3) is 5.76 Å². The topological polar surface area (TPSA) is 93.1 Å². The number of ketones is 1. The summed E-state index contributed by atoms with van der Waals surface area (Å²) in [5.41, 5.74) is 4.01. The number of methoxy groups -OCH3 is 1. The van der Waals surface area contributed by atoms with Gasteiger partial charge in [0.15, 0.2) is 0 Å². The number of likely N-dealkylation sites (tertiary alicyclic amines) is 1. The number of ether oxygens (including phenoxy) is 2. The molecule has 3 aromatic carbocycles. The Balaban J connectivity index is 1.81. The monoisotopic (exact) mass is 499 g/mol. The van der Waals surface area contributed by atoms with Gasteiger partial charge in [0.05, 0.1) is 30.9 Å². The number of nitrogens with zero attached hydrogens (tertiary/aromatic N) is 1. The molecule has 1 amide bonds. The zero-order valence-corrected chi connectivity index (χ0v) is 21.3. The van der Waals surface area contributed by atoms with Crippen LogP contribution < -0.4 is 4.74 Å². The number of carbonyl (C=O) groups is 3. The summed E-state index contributed by atoms with van der Waals surface area (Å²) in [5, 5.41) is 11.4. The Morgan fingerprint density at radius 3 is 2.24 bits per heavy atom. The highest BCUT2D eigenvalue weighted by Gasteiger charge is 2.46. The Hall–Kier alpha value is -4.39. The fraction of sp³-hybridized carbons (Fsp3) is 0.233. The number of hydrogen-bond acceptors (Lipinski definition) is 6. The first-order chi connectivity index (χ1) is 17.8. The van der Waals surface area contributed by atoms with Crippen LogP contribution in [0.1, 0.15) is 51.1 Å². The van der Waals surface area contributed by atoms with E-state index in [2.05, 4.69) is 0 Å². The maximum atomic E-state index is 13.4. The predicted octanol–water partition coefficient (Wildman–Crippen LogP) is 5.11. The van der Waals surface area contributed by atoms with Crippen LogP contribution in [0, 0.1) is 13.8 Å². The molecule has 0 radical (unpaired) electrons. The standard InChI is InChI=1S/C30H29NO6/c1-5-37-24-15-14-22(16-19(24)3)27(32)25-26(23-9-7-6-8-18(23)2)31(29(34)28(25)33)17-20-10-12-21(13-11-20)30(35)36-4/h6-16,26,32H,5,17H2,1-4H3/b27-25+. The van der Waals surface area contributed by atoms with E-state index in [1.165, 1.54) is 12.0 Å². The summed E-state index contributed by atoms with van der Waals surface area (Å²) in [5.74, 6) is -1.46. The molecule has 1 unspecified atom stereocenters. The quantitative estimate of drug-likeness (QED) is 0.210. The highest BCUT2D eigenvalue weighted by molar-refractivity contribution is 6.46. The van der Waals surface area contributed by atoms with Crippen LogP contribution in [0.2, 0.25) is 0 Å². The molecule has 0 saturated carbocycles. The molecule has 3 aromatic rings. The molecule has 0 aliphatic carbocycles. The summed E-state index contributed by atoms with van der Waals surface area (Å²) in [4.78, 5) is 39.9. The average Bonchev–Trinajstić information content (AvgIpc) is 3.14. The third-order valence-electron chi connectivity index (χ3n) is 6.50. The molecule has 0 bridgehead atoms. The van der Waals surface area contributed by atoms with E-state index in [9.17, 15) is 19.5 Å². The van der Waals surface area contributed by atoms with Crippen molar-refractivity contribution in [3.05, 3.63) is 106 Å². The number of hydrogen-bond donors (Lipinski definition) is 1. The van der Waals surface area contributed by atoms with E-state index >= 15 is 0 Å². The number of aliphatic hydroxyl groups is 1. The van der Waals surface area contributed by atoms with Gasteiger partial charge in [-0.1, -0.05) is 36.4 Å². The first-order valence-electron chi connectivity index (χ1n) is 12.0. The Morgan fingerprint density at radius 2 is 1.62 bits per heavy atom. The maximum Gasteiger partial charge on any atom is 0.337 e. The lowest BCUT2D eigenvalue weighted by atomic mass is 9.92. The molecule has 1 saturated heterocycles. The fourth-order valence-electron chi connectivity index (χ4n) is 4.59. The van der Waals surface area contributed by atoms with E-state index in [4.69, 9.17) is 9.47 Å². The second-order valence-corrected chi connectivity index (χ2v) is 8.89. The summed E-state index contributed by atoms with van der Waals surface area (Å²) in [6, 6.07) is 18.5. The fourth-order valence-corrected chi connectivity index (χ4v) is 4.59. The molecule has 7 nitrogen and oxygen atoms in total. The highest BCUT2D eigenvalue weighted by atomic mass is 16.5. The Bertz CT molecular complexity index is 1390. The minimum atomic E-state index is -0.784. The number of esters is 1. The van der Waals surface area contributed by atoms with Gasteiger partial charge in [-0.05, 0) is 73.4 Å². The maximum absolute atomic E-state index is 13.4. The number of amides is 1. The van der Waals surface area contributed by atoms with E-state index in [-0.39, 0.29) is 17.9 Å². The van der Waals surface area contributed by atoms with Crippen molar-refractivity contribution in [2.45, 2.75) is 33.4 Å². The predicted molar refractivity (Wildman–Crippen MR) is 139 cm³/mol. The van der Waals surface area contributed by atoms with Crippen LogP contribution >= 0.6 is 0 Å². The number of rotatable bonds is 7. The summed E-state index contributed by atoms with van der Waals surface area (Å²) in [7, 11) is 1.31. The molecular weight excluding hydrogens is 470 g/mol. The van der Waals surface area contributed by atoms with Gasteiger partial charge in [0.1, 0.15) is 11.5 Å². The second-order valence-electron chi connectivity index (χ2n) is 8.89. The zero-order valence-electron chi connectivity index (χ0n) is 21.3. The molecule has 1 heterocycles. The van der Waals surface area contributed by atoms with Gasteiger partial charge in [0, 0.05) is 12.1 Å². The molecule has 37 heavy (non-hydrogen) atoms. The normalized spacial score (nSPS) is 16.6. The smallest absolute Gasteiger partial charge is 0.337 e. The van der Waals surface area contributed by atoms with Crippen molar-refractivity contribution in [1.29, 1.82) is 0 Å². The number of benzene rings is 3. The molecular formula is C30H29NO6. The molecule has 1 fully saturated rings. The van der Waals surface area contributed by atoms with E-state index in [1.807, 2.05) is 45.0 Å². The molecule has 1 aliphatic heterocycles. The SMILES string of the molecule is CCOc1ccc(/C(O)=C2\C(=O)C(=O)N(Cc3ccc(C(=O)OC)cc3)C2c2ccccc2C)cc1C. The first kappa shape index (κ1) is 25.7. The Labute approximate surface area is 215 Å². The van der Waals surface area contributed by atoms with Gasteiger partial charge < -0.3 is 19.5 Å². The summed E-state index contributed by atoms with van der Waals surface area (Å²) >= 11 is 0.